The summed E-state index contributed by atoms with van der Waals surface area (Å²) in [6.07, 6.45) is 0.0229. The molecule has 0 unspecified atom stereocenters. The first-order valence-corrected chi connectivity index (χ1v) is 10.2. The van der Waals surface area contributed by atoms with E-state index in [0.717, 1.165) is 10.6 Å². The van der Waals surface area contributed by atoms with Crippen LogP contribution >= 0.6 is 0 Å². The van der Waals surface area contributed by atoms with Crippen LogP contribution < -0.4 is 5.32 Å². The van der Waals surface area contributed by atoms with Gasteiger partial charge in [0.2, 0.25) is 0 Å². The Kier molecular flexibility index (Phi) is 6.45. The normalized spacial score (nSPS) is 13.9. The van der Waals surface area contributed by atoms with E-state index < -0.39 is 28.9 Å². The highest BCUT2D eigenvalue weighted by molar-refractivity contribution is 6.20. The van der Waals surface area contributed by atoms with Crippen LogP contribution in [0, 0.1) is 5.41 Å². The zero-order valence-electron chi connectivity index (χ0n) is 18.3. The Morgan fingerprint density at radius 3 is 2.03 bits per heavy atom. The Morgan fingerprint density at radius 2 is 1.45 bits per heavy atom. The van der Waals surface area contributed by atoms with Crippen molar-refractivity contribution in [1.29, 1.82) is 0 Å². The molecule has 1 heterocycles. The van der Waals surface area contributed by atoms with Crippen LogP contribution in [0.25, 0.3) is 0 Å². The predicted molar refractivity (Wildman–Crippen MR) is 115 cm³/mol. The third-order valence-electron chi connectivity index (χ3n) is 4.91. The van der Waals surface area contributed by atoms with E-state index in [-0.39, 0.29) is 13.2 Å². The molecule has 0 saturated heterocycles. The second-order valence-electron chi connectivity index (χ2n) is 9.14. The molecule has 1 aliphatic heterocycles. The van der Waals surface area contributed by atoms with E-state index in [1.54, 1.807) is 24.3 Å². The fourth-order valence-electron chi connectivity index (χ4n) is 3.85. The summed E-state index contributed by atoms with van der Waals surface area (Å²) in [5.41, 5.74) is 0.556. The van der Waals surface area contributed by atoms with Gasteiger partial charge in [-0.3, -0.25) is 14.4 Å². The zero-order valence-corrected chi connectivity index (χ0v) is 18.3. The highest BCUT2D eigenvalue weighted by Gasteiger charge is 2.38. The number of nitrogens with one attached hydrogen (secondary N) is 1. The smallest absolute Gasteiger partial charge is 0.407 e. The van der Waals surface area contributed by atoms with Gasteiger partial charge in [0.1, 0.15) is 6.61 Å². The van der Waals surface area contributed by atoms with E-state index in [1.807, 2.05) is 58.0 Å². The third kappa shape index (κ3) is 5.70. The SMILES string of the molecule is CC(C)(CON1C(=O)c2ccccc2C1=O)CC(C)(C)NC(=O)OCc1ccccc1. The molecule has 3 rings (SSSR count). The molecule has 7 heteroatoms. The van der Waals surface area contributed by atoms with Crippen LogP contribution in [0.15, 0.2) is 54.6 Å². The van der Waals surface area contributed by atoms with Gasteiger partial charge in [0.25, 0.3) is 11.8 Å². The maximum Gasteiger partial charge on any atom is 0.407 e. The second kappa shape index (κ2) is 8.89. The van der Waals surface area contributed by atoms with Crippen LogP contribution in [0.1, 0.15) is 60.4 Å². The molecule has 0 fully saturated rings. The van der Waals surface area contributed by atoms with Crippen LogP contribution in [-0.2, 0) is 16.2 Å². The number of fused-ring (bicyclic) bond motifs is 1. The Morgan fingerprint density at radius 1 is 0.903 bits per heavy atom. The summed E-state index contributed by atoms with van der Waals surface area (Å²) in [6.45, 7) is 7.99. The van der Waals surface area contributed by atoms with E-state index >= 15 is 0 Å². The van der Waals surface area contributed by atoms with Crippen molar-refractivity contribution in [2.75, 3.05) is 6.61 Å². The summed E-state index contributed by atoms with van der Waals surface area (Å²) in [5, 5.41) is 3.70. The van der Waals surface area contributed by atoms with Crippen LogP contribution in [0.4, 0.5) is 4.79 Å². The molecule has 31 heavy (non-hydrogen) atoms. The van der Waals surface area contributed by atoms with Gasteiger partial charge >= 0.3 is 6.09 Å². The number of carbonyl (C=O) groups is 3. The summed E-state index contributed by atoms with van der Waals surface area (Å²) in [7, 11) is 0. The number of carbonyl (C=O) groups excluding carboxylic acids is 3. The van der Waals surface area contributed by atoms with Crippen molar-refractivity contribution in [3.63, 3.8) is 0 Å². The summed E-state index contributed by atoms with van der Waals surface area (Å²) in [6, 6.07) is 16.1. The van der Waals surface area contributed by atoms with E-state index in [2.05, 4.69) is 5.32 Å². The highest BCUT2D eigenvalue weighted by Crippen LogP contribution is 2.30. The molecule has 1 N–H and O–H groups in total. The lowest BCUT2D eigenvalue weighted by Crippen LogP contribution is -2.47. The highest BCUT2D eigenvalue weighted by atomic mass is 16.7. The van der Waals surface area contributed by atoms with Crippen LogP contribution in [0.5, 0.6) is 0 Å². The predicted octanol–water partition coefficient (Wildman–Crippen LogP) is 4.34. The Labute approximate surface area is 182 Å². The van der Waals surface area contributed by atoms with Gasteiger partial charge in [-0.25, -0.2) is 4.79 Å². The van der Waals surface area contributed by atoms with Crippen LogP contribution in [0.2, 0.25) is 0 Å². The van der Waals surface area contributed by atoms with Gasteiger partial charge in [-0.15, -0.1) is 5.06 Å². The number of hydrogen-bond acceptors (Lipinski definition) is 5. The van der Waals surface area contributed by atoms with E-state index in [9.17, 15) is 14.4 Å². The molecule has 3 amide bonds. The van der Waals surface area contributed by atoms with Gasteiger partial charge in [-0.2, -0.15) is 0 Å². The summed E-state index contributed by atoms with van der Waals surface area (Å²) in [5.74, 6) is -0.920. The number of amides is 3. The molecule has 2 aromatic rings. The molecule has 0 radical (unpaired) electrons. The van der Waals surface area contributed by atoms with Crippen molar-refractivity contribution in [2.45, 2.75) is 46.3 Å². The standard InChI is InChI=1S/C24H28N2O5/c1-23(2,16-31-26-20(27)18-12-8-9-13-19(18)21(26)28)15-24(3,4)25-22(29)30-14-17-10-6-5-7-11-17/h5-13H,14-16H2,1-4H3,(H,25,29). The second-order valence-corrected chi connectivity index (χ2v) is 9.14. The first kappa shape index (κ1) is 22.5. The molecule has 0 aromatic heterocycles. The van der Waals surface area contributed by atoms with Crippen molar-refractivity contribution in [3.05, 3.63) is 71.3 Å². The molecule has 0 aliphatic carbocycles. The topological polar surface area (TPSA) is 84.9 Å². The molecular weight excluding hydrogens is 396 g/mol. The van der Waals surface area contributed by atoms with Gasteiger partial charge in [0.05, 0.1) is 17.7 Å². The Bertz CT molecular complexity index is 934. The van der Waals surface area contributed by atoms with E-state index in [0.29, 0.717) is 17.5 Å². The van der Waals surface area contributed by atoms with Gasteiger partial charge < -0.3 is 10.1 Å². The maximum atomic E-state index is 12.5. The zero-order chi connectivity index (χ0) is 22.6. The van der Waals surface area contributed by atoms with Crippen molar-refractivity contribution in [1.82, 2.24) is 10.4 Å². The molecule has 1 aliphatic rings. The van der Waals surface area contributed by atoms with Gasteiger partial charge in [0.15, 0.2) is 0 Å². The summed E-state index contributed by atoms with van der Waals surface area (Å²) in [4.78, 5) is 42.8. The first-order valence-electron chi connectivity index (χ1n) is 10.2. The number of hydrogen-bond donors (Lipinski definition) is 1. The Hall–Kier alpha value is -3.19. The number of ether oxygens (including phenoxy) is 1. The number of benzene rings is 2. The lowest BCUT2D eigenvalue weighted by Gasteiger charge is -2.35. The van der Waals surface area contributed by atoms with Crippen molar-refractivity contribution in [3.8, 4) is 0 Å². The third-order valence-corrected chi connectivity index (χ3v) is 4.91. The van der Waals surface area contributed by atoms with Gasteiger partial charge in [0, 0.05) is 5.54 Å². The Balaban J connectivity index is 1.51. The fraction of sp³-hybridized carbons (Fsp3) is 0.375. The average molecular weight is 424 g/mol. The van der Waals surface area contributed by atoms with Crippen LogP contribution in [-0.4, -0.2) is 35.1 Å². The van der Waals surface area contributed by atoms with Crippen LogP contribution in [0.3, 0.4) is 0 Å². The number of imide groups is 1. The number of nitrogens with zero attached hydrogens (tertiary/aromatic N) is 1. The number of hydroxylamine groups is 2. The van der Waals surface area contributed by atoms with Crippen molar-refractivity contribution in [2.24, 2.45) is 5.41 Å². The van der Waals surface area contributed by atoms with Gasteiger partial charge in [-0.1, -0.05) is 56.3 Å². The van der Waals surface area contributed by atoms with Crippen molar-refractivity contribution < 1.29 is 24.0 Å². The molecule has 2 aromatic carbocycles. The minimum Gasteiger partial charge on any atom is -0.445 e. The molecule has 164 valence electrons. The molecule has 0 atom stereocenters. The minimum absolute atomic E-state index is 0.128. The molecule has 7 nitrogen and oxygen atoms in total. The van der Waals surface area contributed by atoms with E-state index in [4.69, 9.17) is 9.57 Å². The average Bonchev–Trinajstić information content (AvgIpc) is 2.95. The fourth-order valence-corrected chi connectivity index (χ4v) is 3.85. The van der Waals surface area contributed by atoms with Gasteiger partial charge in [-0.05, 0) is 43.4 Å². The van der Waals surface area contributed by atoms with E-state index in [1.165, 1.54) is 0 Å². The molecule has 0 bridgehead atoms. The lowest BCUT2D eigenvalue weighted by atomic mass is 9.81. The maximum absolute atomic E-state index is 12.5. The monoisotopic (exact) mass is 424 g/mol. The first-order chi connectivity index (χ1) is 14.6. The van der Waals surface area contributed by atoms with Crippen molar-refractivity contribution >= 4 is 17.9 Å². The molecular formula is C24H28N2O5. The quantitative estimate of drug-likeness (QED) is 0.638. The molecule has 0 saturated carbocycles. The largest absolute Gasteiger partial charge is 0.445 e. The number of alkyl carbamates (subject to hydrolysis) is 1. The molecule has 0 spiro atoms. The summed E-state index contributed by atoms with van der Waals surface area (Å²) < 4.78 is 5.30. The lowest BCUT2D eigenvalue weighted by molar-refractivity contribution is -0.119. The number of rotatable bonds is 8. The summed E-state index contributed by atoms with van der Waals surface area (Å²) >= 11 is 0. The minimum atomic E-state index is -0.595.